The van der Waals surface area contributed by atoms with Gasteiger partial charge in [-0.1, -0.05) is 13.3 Å². The Labute approximate surface area is 220 Å². The maximum atomic E-state index is 13.1. The number of amides is 2. The Morgan fingerprint density at radius 3 is 2.13 bits per heavy atom. The summed E-state index contributed by atoms with van der Waals surface area (Å²) in [6, 6.07) is 18.2. The van der Waals surface area contributed by atoms with Crippen LogP contribution in [-0.4, -0.2) is 23.9 Å². The number of carbonyl (C=O) groups is 2. The molecule has 1 heterocycles. The molecule has 0 spiro atoms. The summed E-state index contributed by atoms with van der Waals surface area (Å²) < 4.78 is 24.9. The molecule has 5 rings (SSSR count). The summed E-state index contributed by atoms with van der Waals surface area (Å²) in [5, 5.41) is 6.38. The van der Waals surface area contributed by atoms with E-state index >= 15 is 0 Å². The highest BCUT2D eigenvalue weighted by molar-refractivity contribution is 6.16. The Kier molecular flexibility index (Phi) is 6.96. The van der Waals surface area contributed by atoms with Crippen LogP contribution in [0.1, 0.15) is 31.7 Å². The lowest BCUT2D eigenvalue weighted by atomic mass is 10.0. The smallest absolute Gasteiger partial charge is 0.240 e. The molecule has 8 heteroatoms. The van der Waals surface area contributed by atoms with Crippen LogP contribution in [0.25, 0.3) is 10.9 Å². The second-order valence-corrected chi connectivity index (χ2v) is 9.36. The summed E-state index contributed by atoms with van der Waals surface area (Å²) in [6.45, 7) is 2.12. The summed E-state index contributed by atoms with van der Waals surface area (Å²) in [5.41, 5.74) is 1.79. The van der Waals surface area contributed by atoms with Crippen molar-refractivity contribution in [2.75, 3.05) is 17.7 Å². The van der Waals surface area contributed by atoms with Crippen molar-refractivity contribution in [1.82, 2.24) is 4.98 Å². The molecule has 1 saturated carbocycles. The first kappa shape index (κ1) is 25.2. The number of benzene rings is 3. The first-order valence-electron chi connectivity index (χ1n) is 12.5. The molecule has 194 valence electrons. The molecule has 4 aromatic rings. The van der Waals surface area contributed by atoms with Crippen LogP contribution in [0.2, 0.25) is 0 Å². The van der Waals surface area contributed by atoms with Gasteiger partial charge in [0.1, 0.15) is 28.5 Å². The molecule has 3 aromatic carbocycles. The van der Waals surface area contributed by atoms with Crippen LogP contribution in [0.3, 0.4) is 0 Å². The number of hydrogen-bond donors (Lipinski definition) is 2. The largest absolute Gasteiger partial charge is 0.496 e. The van der Waals surface area contributed by atoms with E-state index in [4.69, 9.17) is 9.47 Å². The van der Waals surface area contributed by atoms with Crippen molar-refractivity contribution in [2.24, 2.45) is 5.41 Å². The van der Waals surface area contributed by atoms with Gasteiger partial charge in [-0.15, -0.1) is 0 Å². The van der Waals surface area contributed by atoms with Gasteiger partial charge in [0.05, 0.1) is 12.6 Å². The fourth-order valence-corrected chi connectivity index (χ4v) is 4.38. The van der Waals surface area contributed by atoms with E-state index in [1.807, 2.05) is 12.1 Å². The van der Waals surface area contributed by atoms with E-state index in [0.29, 0.717) is 35.7 Å². The molecule has 2 N–H and O–H groups in total. The fraction of sp³-hybridized carbons (Fsp3) is 0.233. The number of carbonyl (C=O) groups excluding carboxylic acids is 2. The third kappa shape index (κ3) is 5.16. The summed E-state index contributed by atoms with van der Waals surface area (Å²) in [5.74, 6) is 0.856. The van der Waals surface area contributed by atoms with Gasteiger partial charge in [0.2, 0.25) is 11.8 Å². The zero-order chi connectivity index (χ0) is 26.7. The number of halogens is 1. The number of aryl methyl sites for hydroxylation is 1. The monoisotopic (exact) mass is 513 g/mol. The van der Waals surface area contributed by atoms with E-state index in [9.17, 15) is 14.0 Å². The summed E-state index contributed by atoms with van der Waals surface area (Å²) >= 11 is 0. The Bertz CT molecular complexity index is 1480. The van der Waals surface area contributed by atoms with Crippen LogP contribution in [0.4, 0.5) is 15.8 Å². The molecule has 38 heavy (non-hydrogen) atoms. The first-order valence-corrected chi connectivity index (χ1v) is 12.5. The molecule has 0 unspecified atom stereocenters. The lowest BCUT2D eigenvalue weighted by molar-refractivity contribution is -0.131. The van der Waals surface area contributed by atoms with Gasteiger partial charge in [-0.2, -0.15) is 0 Å². The molecule has 1 fully saturated rings. The second kappa shape index (κ2) is 10.5. The van der Waals surface area contributed by atoms with Crippen LogP contribution in [0, 0.1) is 11.2 Å². The molecule has 1 aromatic heterocycles. The molecule has 0 atom stereocenters. The van der Waals surface area contributed by atoms with Crippen molar-refractivity contribution in [2.45, 2.75) is 32.6 Å². The highest BCUT2D eigenvalue weighted by atomic mass is 19.1. The predicted octanol–water partition coefficient (Wildman–Crippen LogP) is 6.48. The van der Waals surface area contributed by atoms with Gasteiger partial charge in [-0.3, -0.25) is 14.6 Å². The van der Waals surface area contributed by atoms with Crippen LogP contribution in [-0.2, 0) is 16.0 Å². The lowest BCUT2D eigenvalue weighted by Gasteiger charge is -2.16. The van der Waals surface area contributed by atoms with Gasteiger partial charge in [0, 0.05) is 23.0 Å². The normalized spacial score (nSPS) is 13.6. The minimum atomic E-state index is -1.13. The third-order valence-corrected chi connectivity index (χ3v) is 6.68. The third-order valence-electron chi connectivity index (χ3n) is 6.68. The first-order chi connectivity index (χ1) is 18.4. The van der Waals surface area contributed by atoms with E-state index in [0.717, 1.165) is 35.1 Å². The minimum absolute atomic E-state index is 0.374. The predicted molar refractivity (Wildman–Crippen MR) is 144 cm³/mol. The van der Waals surface area contributed by atoms with Crippen LogP contribution < -0.4 is 20.1 Å². The van der Waals surface area contributed by atoms with Crippen molar-refractivity contribution in [1.29, 1.82) is 0 Å². The Morgan fingerprint density at radius 1 is 0.921 bits per heavy atom. The van der Waals surface area contributed by atoms with Crippen LogP contribution in [0.5, 0.6) is 17.2 Å². The number of hydrogen-bond acceptors (Lipinski definition) is 5. The quantitative estimate of drug-likeness (QED) is 0.250. The van der Waals surface area contributed by atoms with Gasteiger partial charge in [0.25, 0.3) is 0 Å². The van der Waals surface area contributed by atoms with Crippen molar-refractivity contribution in [3.05, 3.63) is 84.3 Å². The second-order valence-electron chi connectivity index (χ2n) is 9.36. The number of methoxy groups -OCH3 is 1. The SMILES string of the molecule is CCCc1cc2nccc(Oc3ccc(NC(=O)C4(C(=O)Nc5ccc(F)cc5)CC4)cc3)c2cc1OC. The number of nitrogens with one attached hydrogen (secondary N) is 2. The van der Waals surface area contributed by atoms with Crippen LogP contribution in [0.15, 0.2) is 72.9 Å². The van der Waals surface area contributed by atoms with Crippen LogP contribution >= 0.6 is 0 Å². The Morgan fingerprint density at radius 2 is 1.55 bits per heavy atom. The Hall–Kier alpha value is -4.46. The van der Waals surface area contributed by atoms with Gasteiger partial charge in [0.15, 0.2) is 0 Å². The zero-order valence-corrected chi connectivity index (χ0v) is 21.2. The molecule has 1 aliphatic rings. The molecule has 0 radical (unpaired) electrons. The molecule has 0 aliphatic heterocycles. The molecular formula is C30H28FN3O4. The average Bonchev–Trinajstić information content (AvgIpc) is 3.74. The number of fused-ring (bicyclic) bond motifs is 1. The summed E-state index contributed by atoms with van der Waals surface area (Å²) in [7, 11) is 1.66. The molecule has 2 amide bonds. The van der Waals surface area contributed by atoms with E-state index in [2.05, 4.69) is 22.5 Å². The number of nitrogens with zero attached hydrogens (tertiary/aromatic N) is 1. The fourth-order valence-electron chi connectivity index (χ4n) is 4.38. The van der Waals surface area contributed by atoms with Gasteiger partial charge < -0.3 is 20.1 Å². The van der Waals surface area contributed by atoms with Crippen molar-refractivity contribution < 1.29 is 23.5 Å². The molecule has 0 saturated heterocycles. The average molecular weight is 514 g/mol. The van der Waals surface area contributed by atoms with E-state index < -0.39 is 17.1 Å². The van der Waals surface area contributed by atoms with E-state index in [-0.39, 0.29) is 5.91 Å². The number of aromatic nitrogens is 1. The zero-order valence-electron chi connectivity index (χ0n) is 21.2. The van der Waals surface area contributed by atoms with Gasteiger partial charge >= 0.3 is 0 Å². The number of ether oxygens (including phenoxy) is 2. The Balaban J connectivity index is 1.27. The van der Waals surface area contributed by atoms with E-state index in [1.165, 1.54) is 24.3 Å². The highest BCUT2D eigenvalue weighted by Crippen LogP contribution is 2.47. The van der Waals surface area contributed by atoms with E-state index in [1.54, 1.807) is 43.6 Å². The van der Waals surface area contributed by atoms with Gasteiger partial charge in [-0.05, 0) is 91.6 Å². The standard InChI is InChI=1S/C30H28FN3O4/c1-3-4-19-17-25-24(18-27(19)37-2)26(13-16-32-25)38-23-11-9-22(10-12-23)34-29(36)30(14-15-30)28(35)33-21-7-5-20(31)6-8-21/h5-13,16-18H,3-4,14-15H2,1-2H3,(H,33,35)(H,34,36). The highest BCUT2D eigenvalue weighted by Gasteiger charge is 2.56. The number of anilines is 2. The topological polar surface area (TPSA) is 89.5 Å². The van der Waals surface area contributed by atoms with Crippen molar-refractivity contribution >= 4 is 34.1 Å². The maximum absolute atomic E-state index is 13.1. The lowest BCUT2D eigenvalue weighted by Crippen LogP contribution is -2.35. The molecule has 1 aliphatic carbocycles. The van der Waals surface area contributed by atoms with Gasteiger partial charge in [-0.25, -0.2) is 4.39 Å². The number of rotatable bonds is 9. The number of pyridine rings is 1. The molecular weight excluding hydrogens is 485 g/mol. The summed E-state index contributed by atoms with van der Waals surface area (Å²) in [4.78, 5) is 30.2. The summed E-state index contributed by atoms with van der Waals surface area (Å²) in [6.07, 6.45) is 4.51. The minimum Gasteiger partial charge on any atom is -0.496 e. The molecule has 0 bridgehead atoms. The maximum Gasteiger partial charge on any atom is 0.240 e. The molecule has 7 nitrogen and oxygen atoms in total. The van der Waals surface area contributed by atoms with Crippen molar-refractivity contribution in [3.63, 3.8) is 0 Å². The van der Waals surface area contributed by atoms with Crippen molar-refractivity contribution in [3.8, 4) is 17.2 Å².